The maximum Gasteiger partial charge on any atom is 0.410 e. The third kappa shape index (κ3) is 7.94. The average Bonchev–Trinajstić information content (AvgIpc) is 2.52. The van der Waals surface area contributed by atoms with Gasteiger partial charge in [-0.15, -0.1) is 0 Å². The second kappa shape index (κ2) is 9.85. The molecule has 1 aliphatic rings. The first-order valence-electron chi connectivity index (χ1n) is 9.28. The largest absolute Gasteiger partial charge is 0.444 e. The summed E-state index contributed by atoms with van der Waals surface area (Å²) in [7, 11) is 0. The van der Waals surface area contributed by atoms with Crippen LogP contribution in [0.25, 0.3) is 0 Å². The molecule has 1 amide bonds. The van der Waals surface area contributed by atoms with Crippen molar-refractivity contribution in [1.29, 1.82) is 0 Å². The van der Waals surface area contributed by atoms with E-state index in [9.17, 15) is 4.79 Å². The molecule has 1 saturated heterocycles. The van der Waals surface area contributed by atoms with Crippen molar-refractivity contribution in [2.24, 2.45) is 16.6 Å². The number of carbonyl (C=O) groups is 1. The molecule has 1 aliphatic heterocycles. The van der Waals surface area contributed by atoms with Gasteiger partial charge in [-0.3, -0.25) is 4.99 Å². The Morgan fingerprint density at radius 3 is 2.20 bits per heavy atom. The Morgan fingerprint density at radius 1 is 1.16 bits per heavy atom. The first-order chi connectivity index (χ1) is 11.6. The van der Waals surface area contributed by atoms with Gasteiger partial charge in [-0.05, 0) is 40.0 Å². The van der Waals surface area contributed by atoms with E-state index in [1.165, 1.54) is 0 Å². The van der Waals surface area contributed by atoms with Crippen LogP contribution in [0.2, 0.25) is 0 Å². The molecule has 1 unspecified atom stereocenters. The van der Waals surface area contributed by atoms with Crippen molar-refractivity contribution in [3.8, 4) is 0 Å². The molecule has 7 heteroatoms. The summed E-state index contributed by atoms with van der Waals surface area (Å²) in [6, 6.07) is 0. The van der Waals surface area contributed by atoms with E-state index in [4.69, 9.17) is 15.2 Å². The molecule has 0 aromatic rings. The first kappa shape index (κ1) is 21.5. The smallest absolute Gasteiger partial charge is 0.410 e. The van der Waals surface area contributed by atoms with Crippen LogP contribution in [-0.2, 0) is 9.47 Å². The summed E-state index contributed by atoms with van der Waals surface area (Å²) in [5.74, 6) is 1.01. The molecule has 0 radical (unpaired) electrons. The van der Waals surface area contributed by atoms with Gasteiger partial charge in [-0.25, -0.2) is 4.79 Å². The number of hydrogen-bond donors (Lipinski definition) is 1. The molecule has 1 fully saturated rings. The normalized spacial score (nSPS) is 17.8. The van der Waals surface area contributed by atoms with Gasteiger partial charge in [0.2, 0.25) is 0 Å². The van der Waals surface area contributed by atoms with Gasteiger partial charge in [-0.1, -0.05) is 13.8 Å². The number of hydrogen-bond acceptors (Lipinski definition) is 4. The lowest BCUT2D eigenvalue weighted by molar-refractivity contribution is 0.0185. The van der Waals surface area contributed by atoms with Gasteiger partial charge in [0, 0.05) is 39.3 Å². The van der Waals surface area contributed by atoms with Crippen LogP contribution in [-0.4, -0.2) is 72.9 Å². The maximum absolute atomic E-state index is 12.1. The fourth-order valence-corrected chi connectivity index (χ4v) is 2.67. The molecule has 0 aromatic carbocycles. The summed E-state index contributed by atoms with van der Waals surface area (Å²) in [6.07, 6.45) is 0.814. The van der Waals surface area contributed by atoms with Crippen molar-refractivity contribution in [3.05, 3.63) is 0 Å². The van der Waals surface area contributed by atoms with E-state index < -0.39 is 5.60 Å². The highest BCUT2D eigenvalue weighted by Crippen LogP contribution is 2.13. The number of nitrogens with two attached hydrogens (primary N) is 1. The van der Waals surface area contributed by atoms with Gasteiger partial charge in [0.25, 0.3) is 0 Å². The molecule has 2 N–H and O–H groups in total. The van der Waals surface area contributed by atoms with Gasteiger partial charge < -0.3 is 25.0 Å². The predicted molar refractivity (Wildman–Crippen MR) is 101 cm³/mol. The van der Waals surface area contributed by atoms with Crippen LogP contribution >= 0.6 is 0 Å². The lowest BCUT2D eigenvalue weighted by Gasteiger charge is -2.36. The Balaban J connectivity index is 2.41. The molecule has 1 atom stereocenters. The number of amides is 1. The van der Waals surface area contributed by atoms with Crippen molar-refractivity contribution in [2.75, 3.05) is 39.3 Å². The zero-order valence-electron chi connectivity index (χ0n) is 16.7. The Bertz CT molecular complexity index is 438. The van der Waals surface area contributed by atoms with Crippen LogP contribution < -0.4 is 5.73 Å². The van der Waals surface area contributed by atoms with Crippen LogP contribution in [0.5, 0.6) is 0 Å². The first-order valence-corrected chi connectivity index (χ1v) is 9.28. The Morgan fingerprint density at radius 2 is 1.72 bits per heavy atom. The van der Waals surface area contributed by atoms with Gasteiger partial charge in [0.1, 0.15) is 5.60 Å². The number of nitrogens with zero attached hydrogens (tertiary/aromatic N) is 3. The summed E-state index contributed by atoms with van der Waals surface area (Å²) >= 11 is 0. The zero-order valence-corrected chi connectivity index (χ0v) is 16.7. The molecule has 0 aliphatic carbocycles. The highest BCUT2D eigenvalue weighted by Gasteiger charge is 2.26. The maximum atomic E-state index is 12.1. The van der Waals surface area contributed by atoms with Gasteiger partial charge in [0.15, 0.2) is 5.96 Å². The lowest BCUT2D eigenvalue weighted by atomic mass is 10.0. The van der Waals surface area contributed by atoms with E-state index in [1.807, 2.05) is 32.6 Å². The van der Waals surface area contributed by atoms with E-state index in [1.54, 1.807) is 4.90 Å². The SMILES string of the molecule is CCOC(CCN=C(N)N1CCN(C(=O)OC(C)(C)C)CC1)C(C)C. The van der Waals surface area contributed by atoms with Crippen LogP contribution in [0.15, 0.2) is 4.99 Å². The Labute approximate surface area is 152 Å². The Hall–Kier alpha value is -1.50. The molecule has 7 nitrogen and oxygen atoms in total. The number of ether oxygens (including phenoxy) is 2. The fraction of sp³-hybridized carbons (Fsp3) is 0.889. The molecule has 1 heterocycles. The molecule has 25 heavy (non-hydrogen) atoms. The standard InChI is InChI=1S/C18H36N4O3/c1-7-24-15(14(2)3)8-9-20-16(19)21-10-12-22(13-11-21)17(23)25-18(4,5)6/h14-15H,7-13H2,1-6H3,(H2,19,20). The summed E-state index contributed by atoms with van der Waals surface area (Å²) in [5, 5.41) is 0. The summed E-state index contributed by atoms with van der Waals surface area (Å²) < 4.78 is 11.1. The molecule has 0 spiro atoms. The minimum absolute atomic E-state index is 0.213. The molecule has 0 bridgehead atoms. The average molecular weight is 357 g/mol. The fourth-order valence-electron chi connectivity index (χ4n) is 2.67. The minimum atomic E-state index is -0.470. The second-order valence-corrected chi connectivity index (χ2v) is 7.72. The number of piperazine rings is 1. The Kier molecular flexibility index (Phi) is 8.48. The summed E-state index contributed by atoms with van der Waals surface area (Å²) in [6.45, 7) is 15.9. The van der Waals surface area contributed by atoms with E-state index in [0.717, 1.165) is 6.42 Å². The van der Waals surface area contributed by atoms with Crippen molar-refractivity contribution in [1.82, 2.24) is 9.80 Å². The molecule has 1 rings (SSSR count). The highest BCUT2D eigenvalue weighted by atomic mass is 16.6. The molecular weight excluding hydrogens is 320 g/mol. The van der Waals surface area contributed by atoms with Gasteiger partial charge in [0.05, 0.1) is 6.10 Å². The van der Waals surface area contributed by atoms with E-state index in [-0.39, 0.29) is 12.2 Å². The zero-order chi connectivity index (χ0) is 19.0. The topological polar surface area (TPSA) is 80.4 Å². The van der Waals surface area contributed by atoms with Crippen molar-refractivity contribution in [2.45, 2.75) is 59.7 Å². The lowest BCUT2D eigenvalue weighted by Crippen LogP contribution is -2.53. The molecular formula is C18H36N4O3. The van der Waals surface area contributed by atoms with E-state index >= 15 is 0 Å². The van der Waals surface area contributed by atoms with E-state index in [0.29, 0.717) is 51.2 Å². The van der Waals surface area contributed by atoms with Crippen molar-refractivity contribution in [3.63, 3.8) is 0 Å². The molecule has 146 valence electrons. The van der Waals surface area contributed by atoms with Crippen LogP contribution in [0.3, 0.4) is 0 Å². The van der Waals surface area contributed by atoms with Crippen LogP contribution in [0.4, 0.5) is 4.79 Å². The molecule has 0 saturated carbocycles. The number of aliphatic imine (C=N–C) groups is 1. The monoisotopic (exact) mass is 356 g/mol. The minimum Gasteiger partial charge on any atom is -0.444 e. The quantitative estimate of drug-likeness (QED) is 0.583. The van der Waals surface area contributed by atoms with Gasteiger partial charge >= 0.3 is 6.09 Å². The van der Waals surface area contributed by atoms with Crippen LogP contribution in [0.1, 0.15) is 48.0 Å². The third-order valence-electron chi connectivity index (χ3n) is 4.07. The third-order valence-corrected chi connectivity index (χ3v) is 4.07. The number of rotatable bonds is 6. The summed E-state index contributed by atoms with van der Waals surface area (Å²) in [4.78, 5) is 20.3. The number of guanidine groups is 1. The van der Waals surface area contributed by atoms with Crippen LogP contribution in [0, 0.1) is 5.92 Å². The van der Waals surface area contributed by atoms with Gasteiger partial charge in [-0.2, -0.15) is 0 Å². The second-order valence-electron chi connectivity index (χ2n) is 7.72. The summed E-state index contributed by atoms with van der Waals surface area (Å²) in [5.41, 5.74) is 5.64. The molecule has 0 aromatic heterocycles. The predicted octanol–water partition coefficient (Wildman–Crippen LogP) is 2.30. The number of carbonyl (C=O) groups excluding carboxylic acids is 1. The highest BCUT2D eigenvalue weighted by molar-refractivity contribution is 5.78. The van der Waals surface area contributed by atoms with E-state index in [2.05, 4.69) is 18.8 Å². The van der Waals surface area contributed by atoms with Crippen molar-refractivity contribution >= 4 is 12.1 Å². The van der Waals surface area contributed by atoms with Crippen molar-refractivity contribution < 1.29 is 14.3 Å².